The van der Waals surface area contributed by atoms with E-state index in [0.29, 0.717) is 11.3 Å². The van der Waals surface area contributed by atoms with Gasteiger partial charge >= 0.3 is 0 Å². The van der Waals surface area contributed by atoms with Crippen LogP contribution in [0.2, 0.25) is 0 Å². The molecule has 1 heterocycles. The molecule has 1 aromatic heterocycles. The van der Waals surface area contributed by atoms with Gasteiger partial charge in [-0.15, -0.1) is 11.3 Å². The maximum Gasteiger partial charge on any atom is 0.111 e. The van der Waals surface area contributed by atoms with Crippen molar-refractivity contribution in [2.75, 3.05) is 5.75 Å². The first-order valence-electron chi connectivity index (χ1n) is 8.16. The van der Waals surface area contributed by atoms with E-state index < -0.39 is 10.8 Å². The normalized spacial score (nSPS) is 25.2. The molecule has 0 amide bonds. The number of rotatable bonds is 5. The van der Waals surface area contributed by atoms with Crippen LogP contribution >= 0.6 is 11.3 Å². The minimum atomic E-state index is -0.659. The Hall–Kier alpha value is -0.780. The van der Waals surface area contributed by atoms with E-state index in [1.54, 1.807) is 11.3 Å². The Kier molecular flexibility index (Phi) is 5.26. The fourth-order valence-electron chi connectivity index (χ4n) is 3.27. The topological polar surface area (TPSA) is 42.0 Å². The summed E-state index contributed by atoms with van der Waals surface area (Å²) in [6, 6.07) is 9.03. The van der Waals surface area contributed by atoms with Crippen LogP contribution in [-0.4, -0.2) is 26.2 Å². The van der Waals surface area contributed by atoms with E-state index in [2.05, 4.69) is 30.4 Å². The zero-order valence-electron chi connectivity index (χ0n) is 13.2. The molecule has 0 radical (unpaired) electrons. The van der Waals surface area contributed by atoms with E-state index in [1.807, 2.05) is 13.0 Å². The second kappa shape index (κ2) is 7.20. The summed E-state index contributed by atoms with van der Waals surface area (Å²) in [6.45, 7) is 4.22. The molecular weight excluding hydrogens is 312 g/mol. The second-order valence-corrected chi connectivity index (χ2v) is 9.13. The van der Waals surface area contributed by atoms with Crippen molar-refractivity contribution in [1.29, 1.82) is 0 Å². The molecular formula is C17H24N2OS2. The van der Waals surface area contributed by atoms with Crippen LogP contribution < -0.4 is 5.32 Å². The van der Waals surface area contributed by atoms with Crippen molar-refractivity contribution >= 4 is 32.4 Å². The monoisotopic (exact) mass is 336 g/mol. The number of nitrogens with zero attached hydrogens (tertiary/aromatic N) is 1. The lowest BCUT2D eigenvalue weighted by molar-refractivity contribution is 0.350. The van der Waals surface area contributed by atoms with Crippen LogP contribution in [-0.2, 0) is 10.8 Å². The van der Waals surface area contributed by atoms with E-state index in [4.69, 9.17) is 4.98 Å². The molecule has 1 aromatic carbocycles. The first kappa shape index (κ1) is 16.1. The molecule has 1 aliphatic rings. The summed E-state index contributed by atoms with van der Waals surface area (Å²) in [7, 11) is -0.659. The highest BCUT2D eigenvalue weighted by molar-refractivity contribution is 7.85. The van der Waals surface area contributed by atoms with Gasteiger partial charge in [-0.25, -0.2) is 4.98 Å². The molecule has 4 atom stereocenters. The van der Waals surface area contributed by atoms with Crippen LogP contribution in [0.15, 0.2) is 24.3 Å². The molecule has 22 heavy (non-hydrogen) atoms. The first-order chi connectivity index (χ1) is 10.7. The van der Waals surface area contributed by atoms with Crippen molar-refractivity contribution in [3.8, 4) is 0 Å². The average Bonchev–Trinajstić information content (AvgIpc) is 2.98. The predicted molar refractivity (Wildman–Crippen MR) is 95.9 cm³/mol. The minimum absolute atomic E-state index is 0.260. The first-order valence-corrected chi connectivity index (χ1v) is 10.4. The average molecular weight is 337 g/mol. The van der Waals surface area contributed by atoms with Gasteiger partial charge in [-0.05, 0) is 38.3 Å². The SMILES string of the molecule is CCS(=O)C1CCCC(NC(C)c2nc3ccccc3s2)C1. The van der Waals surface area contributed by atoms with Crippen molar-refractivity contribution in [3.63, 3.8) is 0 Å². The van der Waals surface area contributed by atoms with E-state index in [1.165, 1.54) is 17.5 Å². The summed E-state index contributed by atoms with van der Waals surface area (Å²) in [5, 5.41) is 5.25. The van der Waals surface area contributed by atoms with Crippen molar-refractivity contribution in [1.82, 2.24) is 10.3 Å². The second-order valence-electron chi connectivity index (χ2n) is 6.06. The van der Waals surface area contributed by atoms with E-state index >= 15 is 0 Å². The molecule has 1 N–H and O–H groups in total. The van der Waals surface area contributed by atoms with Crippen LogP contribution in [0.4, 0.5) is 0 Å². The van der Waals surface area contributed by atoms with E-state index in [9.17, 15) is 4.21 Å². The number of nitrogens with one attached hydrogen (secondary N) is 1. The van der Waals surface area contributed by atoms with Gasteiger partial charge in [0.25, 0.3) is 0 Å². The van der Waals surface area contributed by atoms with Gasteiger partial charge in [0.2, 0.25) is 0 Å². The summed E-state index contributed by atoms with van der Waals surface area (Å²) >= 11 is 1.77. The third-order valence-corrected chi connectivity index (χ3v) is 7.41. The number of para-hydroxylation sites is 1. The van der Waals surface area contributed by atoms with Gasteiger partial charge in [0.05, 0.1) is 16.3 Å². The molecule has 0 aliphatic heterocycles. The molecule has 0 bridgehead atoms. The highest BCUT2D eigenvalue weighted by Gasteiger charge is 2.27. The van der Waals surface area contributed by atoms with Gasteiger partial charge in [-0.3, -0.25) is 4.21 Å². The maximum absolute atomic E-state index is 12.1. The molecule has 120 valence electrons. The molecule has 3 rings (SSSR count). The quantitative estimate of drug-likeness (QED) is 0.896. The summed E-state index contributed by atoms with van der Waals surface area (Å²) in [5.74, 6) is 0.783. The Morgan fingerprint density at radius 1 is 1.41 bits per heavy atom. The summed E-state index contributed by atoms with van der Waals surface area (Å²) in [6.07, 6.45) is 4.52. The fraction of sp³-hybridized carbons (Fsp3) is 0.588. The molecule has 1 aliphatic carbocycles. The lowest BCUT2D eigenvalue weighted by Gasteiger charge is -2.30. The number of aromatic nitrogens is 1. The van der Waals surface area contributed by atoms with E-state index in [0.717, 1.165) is 29.1 Å². The summed E-state index contributed by atoms with van der Waals surface area (Å²) in [5.41, 5.74) is 1.09. The largest absolute Gasteiger partial charge is 0.305 e. The Balaban J connectivity index is 1.65. The van der Waals surface area contributed by atoms with Crippen LogP contribution in [0.1, 0.15) is 50.6 Å². The molecule has 0 spiro atoms. The highest BCUT2D eigenvalue weighted by atomic mass is 32.2. The van der Waals surface area contributed by atoms with Crippen LogP contribution in [0.5, 0.6) is 0 Å². The Morgan fingerprint density at radius 3 is 3.00 bits per heavy atom. The van der Waals surface area contributed by atoms with Crippen molar-refractivity contribution in [2.24, 2.45) is 0 Å². The van der Waals surface area contributed by atoms with Gasteiger partial charge in [0, 0.05) is 27.8 Å². The Labute approximate surface area is 139 Å². The third kappa shape index (κ3) is 3.58. The summed E-state index contributed by atoms with van der Waals surface area (Å²) in [4.78, 5) is 4.74. The van der Waals surface area contributed by atoms with Crippen molar-refractivity contribution in [3.05, 3.63) is 29.3 Å². The number of hydrogen-bond acceptors (Lipinski definition) is 4. The molecule has 2 aromatic rings. The van der Waals surface area contributed by atoms with Gasteiger partial charge < -0.3 is 5.32 Å². The smallest absolute Gasteiger partial charge is 0.111 e. The molecule has 5 heteroatoms. The van der Waals surface area contributed by atoms with Crippen LogP contribution in [0, 0.1) is 0 Å². The third-order valence-electron chi connectivity index (χ3n) is 4.45. The molecule has 0 saturated heterocycles. The fourth-order valence-corrected chi connectivity index (χ4v) is 5.60. The van der Waals surface area contributed by atoms with Crippen LogP contribution in [0.25, 0.3) is 10.2 Å². The standard InChI is InChI=1S/C17H24N2OS2/c1-3-22(20)14-8-6-7-13(11-14)18-12(2)17-19-15-9-4-5-10-16(15)21-17/h4-5,9-10,12-14,18H,3,6-8,11H2,1-2H3. The minimum Gasteiger partial charge on any atom is -0.305 e. The summed E-state index contributed by atoms with van der Waals surface area (Å²) < 4.78 is 13.3. The lowest BCUT2D eigenvalue weighted by Crippen LogP contribution is -2.39. The van der Waals surface area contributed by atoms with Gasteiger partial charge in [-0.2, -0.15) is 0 Å². The Bertz CT molecular complexity index is 622. The number of fused-ring (bicyclic) bond motifs is 1. The molecule has 1 saturated carbocycles. The number of hydrogen-bond donors (Lipinski definition) is 1. The number of thiazole rings is 1. The Morgan fingerprint density at radius 2 is 2.23 bits per heavy atom. The zero-order chi connectivity index (χ0) is 15.5. The molecule has 1 fully saturated rings. The van der Waals surface area contributed by atoms with Crippen molar-refractivity contribution in [2.45, 2.75) is 56.9 Å². The van der Waals surface area contributed by atoms with Crippen LogP contribution in [0.3, 0.4) is 0 Å². The highest BCUT2D eigenvalue weighted by Crippen LogP contribution is 2.29. The lowest BCUT2D eigenvalue weighted by atomic mass is 9.94. The molecule has 3 nitrogen and oxygen atoms in total. The molecule has 4 unspecified atom stereocenters. The predicted octanol–water partition coefficient (Wildman–Crippen LogP) is 4.03. The van der Waals surface area contributed by atoms with Gasteiger partial charge in [0.15, 0.2) is 0 Å². The maximum atomic E-state index is 12.1. The van der Waals surface area contributed by atoms with E-state index in [-0.39, 0.29) is 6.04 Å². The van der Waals surface area contributed by atoms with Gasteiger partial charge in [-0.1, -0.05) is 25.5 Å². The van der Waals surface area contributed by atoms with Crippen molar-refractivity contribution < 1.29 is 4.21 Å². The zero-order valence-corrected chi connectivity index (χ0v) is 14.9. The van der Waals surface area contributed by atoms with Gasteiger partial charge in [0.1, 0.15) is 5.01 Å². The number of benzene rings is 1.